The van der Waals surface area contributed by atoms with Crippen LogP contribution >= 0.6 is 0 Å². The highest BCUT2D eigenvalue weighted by molar-refractivity contribution is 5.81. The van der Waals surface area contributed by atoms with Gasteiger partial charge in [0, 0.05) is 11.6 Å². The molecule has 0 bridgehead atoms. The molecule has 0 radical (unpaired) electrons. The van der Waals surface area contributed by atoms with Crippen molar-refractivity contribution in [2.75, 3.05) is 5.43 Å². The van der Waals surface area contributed by atoms with Crippen LogP contribution in [0.25, 0.3) is 0 Å². The lowest BCUT2D eigenvalue weighted by Gasteiger charge is -1.98. The van der Waals surface area contributed by atoms with Crippen LogP contribution in [-0.2, 0) is 0 Å². The predicted octanol–water partition coefficient (Wildman–Crippen LogP) is 0.225. The number of phenols is 1. The Morgan fingerprint density at radius 1 is 1.50 bits per heavy atom. The number of aromatic hydroxyl groups is 1. The third kappa shape index (κ3) is 3.13. The molecule has 0 atom stereocenters. The van der Waals surface area contributed by atoms with E-state index in [-0.39, 0.29) is 5.95 Å². The molecule has 0 saturated carbocycles. The highest BCUT2D eigenvalue weighted by Gasteiger charge is 2.12. The van der Waals surface area contributed by atoms with E-state index in [2.05, 4.69) is 25.7 Å². The van der Waals surface area contributed by atoms with Gasteiger partial charge in [-0.15, -0.1) is 10.2 Å². The summed E-state index contributed by atoms with van der Waals surface area (Å²) in [6.07, 6.45) is 2.26. The molecule has 0 aliphatic rings. The quantitative estimate of drug-likeness (QED) is 0.411. The topological polar surface area (TPSA) is 146 Å². The molecular weight excluding hydrogens is 268 g/mol. The summed E-state index contributed by atoms with van der Waals surface area (Å²) < 4.78 is 0. The standard InChI is InChI=1S/C10H8N6O4/c17-8-2-1-6(3-7(8)16(19)20)4-11-14-10-13-9(18)5-12-15-10/h1-5,17H,(H2,13,14,15,18). The third-order valence-corrected chi connectivity index (χ3v) is 2.15. The lowest BCUT2D eigenvalue weighted by molar-refractivity contribution is -0.385. The van der Waals surface area contributed by atoms with Crippen LogP contribution in [0.3, 0.4) is 0 Å². The Morgan fingerprint density at radius 2 is 2.30 bits per heavy atom. The van der Waals surface area contributed by atoms with Gasteiger partial charge in [0.15, 0.2) is 5.75 Å². The molecule has 10 heteroatoms. The Kier molecular flexibility index (Phi) is 3.65. The number of rotatable bonds is 4. The average molecular weight is 276 g/mol. The number of aromatic nitrogens is 3. The Morgan fingerprint density at radius 3 is 3.00 bits per heavy atom. The van der Waals surface area contributed by atoms with Gasteiger partial charge in [-0.2, -0.15) is 5.10 Å². The number of nitrogens with one attached hydrogen (secondary N) is 2. The molecule has 2 rings (SSSR count). The largest absolute Gasteiger partial charge is 0.502 e. The smallest absolute Gasteiger partial charge is 0.311 e. The van der Waals surface area contributed by atoms with Gasteiger partial charge >= 0.3 is 5.69 Å². The van der Waals surface area contributed by atoms with Crippen molar-refractivity contribution < 1.29 is 10.0 Å². The van der Waals surface area contributed by atoms with Crippen molar-refractivity contribution in [2.24, 2.45) is 5.10 Å². The maximum Gasteiger partial charge on any atom is 0.311 e. The number of nitro benzene ring substituents is 1. The zero-order valence-electron chi connectivity index (χ0n) is 9.85. The van der Waals surface area contributed by atoms with Crippen LogP contribution in [0.1, 0.15) is 5.56 Å². The maximum atomic E-state index is 10.9. The molecule has 0 fully saturated rings. The summed E-state index contributed by atoms with van der Waals surface area (Å²) >= 11 is 0. The van der Waals surface area contributed by atoms with Crippen LogP contribution in [-0.4, -0.2) is 31.4 Å². The molecule has 102 valence electrons. The fourth-order valence-corrected chi connectivity index (χ4v) is 1.30. The van der Waals surface area contributed by atoms with Gasteiger partial charge in [-0.3, -0.25) is 19.9 Å². The fourth-order valence-electron chi connectivity index (χ4n) is 1.30. The monoisotopic (exact) mass is 276 g/mol. The lowest BCUT2D eigenvalue weighted by Crippen LogP contribution is -2.10. The van der Waals surface area contributed by atoms with E-state index in [0.717, 1.165) is 12.3 Å². The van der Waals surface area contributed by atoms with Crippen molar-refractivity contribution in [3.05, 3.63) is 50.4 Å². The number of phenolic OH excluding ortho intramolecular Hbond substituents is 1. The van der Waals surface area contributed by atoms with E-state index in [1.807, 2.05) is 0 Å². The highest BCUT2D eigenvalue weighted by Crippen LogP contribution is 2.25. The van der Waals surface area contributed by atoms with Gasteiger partial charge in [-0.1, -0.05) is 0 Å². The summed E-state index contributed by atoms with van der Waals surface area (Å²) in [5.41, 5.74) is 1.91. The first-order valence-corrected chi connectivity index (χ1v) is 5.25. The van der Waals surface area contributed by atoms with Gasteiger partial charge < -0.3 is 5.11 Å². The Balaban J connectivity index is 2.14. The second kappa shape index (κ2) is 5.56. The van der Waals surface area contributed by atoms with Crippen molar-refractivity contribution in [3.63, 3.8) is 0 Å². The molecule has 1 heterocycles. The second-order valence-corrected chi connectivity index (χ2v) is 3.56. The first-order chi connectivity index (χ1) is 9.56. The first kappa shape index (κ1) is 13.1. The number of hydrazone groups is 1. The van der Waals surface area contributed by atoms with E-state index in [0.29, 0.717) is 5.56 Å². The number of anilines is 1. The molecule has 1 aromatic carbocycles. The van der Waals surface area contributed by atoms with Crippen molar-refractivity contribution in [1.82, 2.24) is 15.2 Å². The van der Waals surface area contributed by atoms with E-state index >= 15 is 0 Å². The minimum Gasteiger partial charge on any atom is -0.502 e. The van der Waals surface area contributed by atoms with Crippen LogP contribution in [0, 0.1) is 10.1 Å². The minimum atomic E-state index is -0.708. The van der Waals surface area contributed by atoms with Crippen LogP contribution in [0.4, 0.5) is 11.6 Å². The summed E-state index contributed by atoms with van der Waals surface area (Å²) in [4.78, 5) is 23.2. The second-order valence-electron chi connectivity index (χ2n) is 3.56. The zero-order chi connectivity index (χ0) is 14.5. The number of aromatic amines is 1. The Bertz CT molecular complexity index is 726. The summed E-state index contributed by atoms with van der Waals surface area (Å²) in [6, 6.07) is 3.77. The average Bonchev–Trinajstić information content (AvgIpc) is 2.40. The van der Waals surface area contributed by atoms with Gasteiger partial charge in [0.05, 0.1) is 11.1 Å². The first-order valence-electron chi connectivity index (χ1n) is 5.25. The molecule has 0 spiro atoms. The van der Waals surface area contributed by atoms with Crippen LogP contribution in [0.15, 0.2) is 34.3 Å². The van der Waals surface area contributed by atoms with Gasteiger partial charge in [0.1, 0.15) is 6.20 Å². The molecule has 0 aliphatic carbocycles. The maximum absolute atomic E-state index is 10.9. The molecule has 10 nitrogen and oxygen atoms in total. The van der Waals surface area contributed by atoms with Gasteiger partial charge in [-0.05, 0) is 12.1 Å². The number of nitro groups is 1. The molecule has 20 heavy (non-hydrogen) atoms. The molecule has 3 N–H and O–H groups in total. The predicted molar refractivity (Wildman–Crippen MR) is 68.6 cm³/mol. The molecule has 0 aliphatic heterocycles. The van der Waals surface area contributed by atoms with Crippen molar-refractivity contribution in [1.29, 1.82) is 0 Å². The molecule has 0 saturated heterocycles. The number of hydrogen-bond donors (Lipinski definition) is 3. The summed E-state index contributed by atoms with van der Waals surface area (Å²) in [5, 5.41) is 30.6. The molecule has 0 unspecified atom stereocenters. The number of nitrogens with zero attached hydrogens (tertiary/aromatic N) is 4. The zero-order valence-corrected chi connectivity index (χ0v) is 9.85. The van der Waals surface area contributed by atoms with Gasteiger partial charge in [-0.25, -0.2) is 5.43 Å². The minimum absolute atomic E-state index is 0.0297. The van der Waals surface area contributed by atoms with E-state index in [1.165, 1.54) is 18.3 Å². The number of hydrogen-bond acceptors (Lipinski definition) is 8. The van der Waals surface area contributed by atoms with Gasteiger partial charge in [0.2, 0.25) is 5.95 Å². The van der Waals surface area contributed by atoms with E-state index in [1.54, 1.807) is 0 Å². The van der Waals surface area contributed by atoms with Crippen LogP contribution in [0.5, 0.6) is 5.75 Å². The normalized spacial score (nSPS) is 10.6. The molecule has 0 amide bonds. The van der Waals surface area contributed by atoms with Crippen molar-refractivity contribution in [2.45, 2.75) is 0 Å². The van der Waals surface area contributed by atoms with E-state index in [4.69, 9.17) is 0 Å². The van der Waals surface area contributed by atoms with E-state index < -0.39 is 21.9 Å². The number of benzene rings is 1. The Hall–Kier alpha value is -3.30. The van der Waals surface area contributed by atoms with Crippen molar-refractivity contribution in [3.8, 4) is 5.75 Å². The Labute approximate surface area is 111 Å². The summed E-state index contributed by atoms with van der Waals surface area (Å²) in [5.74, 6) is -0.402. The molecule has 2 aromatic rings. The van der Waals surface area contributed by atoms with Crippen LogP contribution in [0.2, 0.25) is 0 Å². The summed E-state index contributed by atoms with van der Waals surface area (Å²) in [6.45, 7) is 0. The summed E-state index contributed by atoms with van der Waals surface area (Å²) in [7, 11) is 0. The highest BCUT2D eigenvalue weighted by atomic mass is 16.6. The SMILES string of the molecule is O=c1cnnc(NN=Cc2ccc(O)c([N+](=O)[O-])c2)[nH]1. The lowest BCUT2D eigenvalue weighted by atomic mass is 10.2. The number of H-pyrrole nitrogens is 1. The van der Waals surface area contributed by atoms with Gasteiger partial charge in [0.25, 0.3) is 5.56 Å². The molecular formula is C10H8N6O4. The van der Waals surface area contributed by atoms with Crippen molar-refractivity contribution >= 4 is 17.9 Å². The third-order valence-electron chi connectivity index (χ3n) is 2.15. The molecule has 1 aromatic heterocycles. The van der Waals surface area contributed by atoms with Crippen LogP contribution < -0.4 is 11.0 Å². The fraction of sp³-hybridized carbons (Fsp3) is 0. The van der Waals surface area contributed by atoms with E-state index in [9.17, 15) is 20.0 Å².